The number of benzene rings is 1. The van der Waals surface area contributed by atoms with E-state index in [1.165, 1.54) is 11.1 Å². The molecule has 0 bridgehead atoms. The normalized spacial score (nSPS) is 29.0. The molecule has 2 saturated heterocycles. The van der Waals surface area contributed by atoms with Crippen LogP contribution in [0.15, 0.2) is 24.3 Å². The standard InChI is InChI=1S/C20H26N2O2/c23-18(13-15-8-7-14-5-1-2-6-16(14)15)17-9-10-21-19(17)20(24)22-11-3-4-12-22/h1-2,5-6,15,17,19,21H,3-4,7-13H2/t15?,17?,19-/m1/s1. The predicted octanol–water partition coefficient (Wildman–Crippen LogP) is 2.28. The van der Waals surface area contributed by atoms with Crippen molar-refractivity contribution >= 4 is 11.7 Å². The largest absolute Gasteiger partial charge is 0.341 e. The average molecular weight is 326 g/mol. The zero-order valence-electron chi connectivity index (χ0n) is 14.2. The summed E-state index contributed by atoms with van der Waals surface area (Å²) in [5, 5.41) is 3.30. The highest BCUT2D eigenvalue weighted by molar-refractivity contribution is 5.92. The van der Waals surface area contributed by atoms with Gasteiger partial charge in [-0.25, -0.2) is 0 Å². The van der Waals surface area contributed by atoms with Gasteiger partial charge in [-0.05, 0) is 55.7 Å². The minimum Gasteiger partial charge on any atom is -0.341 e. The summed E-state index contributed by atoms with van der Waals surface area (Å²) in [6, 6.07) is 8.20. The fraction of sp³-hybridized carbons (Fsp3) is 0.600. The molecular formula is C20H26N2O2. The number of hydrogen-bond acceptors (Lipinski definition) is 3. The van der Waals surface area contributed by atoms with Crippen molar-refractivity contribution in [3.05, 3.63) is 35.4 Å². The maximum atomic E-state index is 12.9. The molecule has 1 aliphatic carbocycles. The van der Waals surface area contributed by atoms with Crippen molar-refractivity contribution in [2.75, 3.05) is 19.6 Å². The minimum atomic E-state index is -0.285. The van der Waals surface area contributed by atoms with Crippen LogP contribution in [0.5, 0.6) is 0 Å². The number of nitrogens with one attached hydrogen (secondary N) is 1. The van der Waals surface area contributed by atoms with E-state index in [-0.39, 0.29) is 23.7 Å². The van der Waals surface area contributed by atoms with Crippen LogP contribution in [0.4, 0.5) is 0 Å². The summed E-state index contributed by atoms with van der Waals surface area (Å²) >= 11 is 0. The Bertz CT molecular complexity index is 636. The van der Waals surface area contributed by atoms with Crippen LogP contribution in [-0.2, 0) is 16.0 Å². The van der Waals surface area contributed by atoms with E-state index in [2.05, 4.69) is 29.6 Å². The van der Waals surface area contributed by atoms with Gasteiger partial charge in [0.2, 0.25) is 5.91 Å². The van der Waals surface area contributed by atoms with Gasteiger partial charge in [-0.2, -0.15) is 0 Å². The number of Topliss-reactive ketones (excluding diaryl/α,β-unsaturated/α-hetero) is 1. The van der Waals surface area contributed by atoms with E-state index in [1.54, 1.807) is 0 Å². The van der Waals surface area contributed by atoms with E-state index in [4.69, 9.17) is 0 Å². The highest BCUT2D eigenvalue weighted by atomic mass is 16.2. The average Bonchev–Trinajstić information content (AvgIpc) is 3.35. The predicted molar refractivity (Wildman–Crippen MR) is 92.8 cm³/mol. The molecule has 2 unspecified atom stereocenters. The quantitative estimate of drug-likeness (QED) is 0.923. The van der Waals surface area contributed by atoms with E-state index < -0.39 is 0 Å². The fourth-order valence-electron chi connectivity index (χ4n) is 4.70. The number of carbonyl (C=O) groups is 2. The Morgan fingerprint density at radius 3 is 2.75 bits per heavy atom. The molecule has 1 N–H and O–H groups in total. The molecule has 1 aromatic rings. The zero-order valence-corrected chi connectivity index (χ0v) is 14.2. The van der Waals surface area contributed by atoms with E-state index >= 15 is 0 Å². The number of aryl methyl sites for hydroxylation is 1. The van der Waals surface area contributed by atoms with E-state index in [0.29, 0.717) is 12.3 Å². The molecule has 2 aliphatic heterocycles. The first-order valence-corrected chi connectivity index (χ1v) is 9.37. The number of likely N-dealkylation sites (tertiary alicyclic amines) is 1. The molecule has 2 heterocycles. The monoisotopic (exact) mass is 326 g/mol. The summed E-state index contributed by atoms with van der Waals surface area (Å²) in [6.07, 6.45) is 5.72. The minimum absolute atomic E-state index is 0.133. The van der Waals surface area contributed by atoms with E-state index in [0.717, 1.165) is 51.7 Å². The van der Waals surface area contributed by atoms with Gasteiger partial charge in [-0.3, -0.25) is 9.59 Å². The Hall–Kier alpha value is -1.68. The van der Waals surface area contributed by atoms with Gasteiger partial charge in [0.25, 0.3) is 0 Å². The molecule has 24 heavy (non-hydrogen) atoms. The van der Waals surface area contributed by atoms with Gasteiger partial charge >= 0.3 is 0 Å². The summed E-state index contributed by atoms with van der Waals surface area (Å²) in [6.45, 7) is 2.49. The summed E-state index contributed by atoms with van der Waals surface area (Å²) in [5.41, 5.74) is 2.74. The number of fused-ring (bicyclic) bond motifs is 1. The van der Waals surface area contributed by atoms with Crippen molar-refractivity contribution in [2.45, 2.75) is 50.5 Å². The Morgan fingerprint density at radius 2 is 1.92 bits per heavy atom. The molecule has 3 aliphatic rings. The van der Waals surface area contributed by atoms with Crippen LogP contribution < -0.4 is 5.32 Å². The number of rotatable bonds is 4. The van der Waals surface area contributed by atoms with Crippen LogP contribution >= 0.6 is 0 Å². The lowest BCUT2D eigenvalue weighted by Crippen LogP contribution is -2.47. The second-order valence-corrected chi connectivity index (χ2v) is 7.46. The molecule has 1 aromatic carbocycles. The number of nitrogens with zero attached hydrogens (tertiary/aromatic N) is 1. The summed E-state index contributed by atoms with van der Waals surface area (Å²) in [7, 11) is 0. The molecule has 2 fully saturated rings. The van der Waals surface area contributed by atoms with Crippen LogP contribution in [0, 0.1) is 5.92 Å². The van der Waals surface area contributed by atoms with Gasteiger partial charge in [-0.15, -0.1) is 0 Å². The van der Waals surface area contributed by atoms with Crippen LogP contribution in [0.25, 0.3) is 0 Å². The molecule has 0 radical (unpaired) electrons. The highest BCUT2D eigenvalue weighted by Gasteiger charge is 2.40. The maximum Gasteiger partial charge on any atom is 0.240 e. The Labute approximate surface area is 143 Å². The first-order valence-electron chi connectivity index (χ1n) is 9.37. The molecule has 128 valence electrons. The zero-order chi connectivity index (χ0) is 16.5. The number of hydrogen-bond donors (Lipinski definition) is 1. The van der Waals surface area contributed by atoms with Gasteiger partial charge in [0.15, 0.2) is 0 Å². The maximum absolute atomic E-state index is 12.9. The first kappa shape index (κ1) is 15.8. The molecule has 3 atom stereocenters. The summed E-state index contributed by atoms with van der Waals surface area (Å²) < 4.78 is 0. The van der Waals surface area contributed by atoms with Crippen molar-refractivity contribution in [3.63, 3.8) is 0 Å². The molecule has 4 nitrogen and oxygen atoms in total. The molecule has 0 saturated carbocycles. The van der Waals surface area contributed by atoms with Crippen LogP contribution in [0.3, 0.4) is 0 Å². The van der Waals surface area contributed by atoms with Gasteiger partial charge in [0.05, 0.1) is 6.04 Å². The molecular weight excluding hydrogens is 300 g/mol. The van der Waals surface area contributed by atoms with Crippen molar-refractivity contribution < 1.29 is 9.59 Å². The molecule has 4 rings (SSSR count). The Kier molecular flexibility index (Phi) is 4.40. The number of ketones is 1. The Balaban J connectivity index is 1.43. The van der Waals surface area contributed by atoms with Crippen molar-refractivity contribution in [1.29, 1.82) is 0 Å². The van der Waals surface area contributed by atoms with Gasteiger partial charge in [-0.1, -0.05) is 24.3 Å². The first-order chi connectivity index (χ1) is 11.7. The van der Waals surface area contributed by atoms with Gasteiger partial charge in [0, 0.05) is 25.4 Å². The van der Waals surface area contributed by atoms with Crippen molar-refractivity contribution in [2.24, 2.45) is 5.92 Å². The third-order valence-electron chi connectivity index (χ3n) is 6.02. The molecule has 4 heteroatoms. The second kappa shape index (κ2) is 6.67. The van der Waals surface area contributed by atoms with Gasteiger partial charge in [0.1, 0.15) is 5.78 Å². The second-order valence-electron chi connectivity index (χ2n) is 7.46. The van der Waals surface area contributed by atoms with E-state index in [1.807, 2.05) is 4.90 Å². The summed E-state index contributed by atoms with van der Waals surface area (Å²) in [5.74, 6) is 0.636. The van der Waals surface area contributed by atoms with Crippen molar-refractivity contribution in [1.82, 2.24) is 10.2 Å². The molecule has 1 amide bonds. The van der Waals surface area contributed by atoms with Crippen LogP contribution in [0.2, 0.25) is 0 Å². The van der Waals surface area contributed by atoms with Gasteiger partial charge < -0.3 is 10.2 Å². The van der Waals surface area contributed by atoms with Crippen LogP contribution in [0.1, 0.15) is 49.1 Å². The van der Waals surface area contributed by atoms with Crippen LogP contribution in [-0.4, -0.2) is 42.3 Å². The topological polar surface area (TPSA) is 49.4 Å². The third kappa shape index (κ3) is 2.88. The summed E-state index contributed by atoms with van der Waals surface area (Å²) in [4.78, 5) is 27.6. The Morgan fingerprint density at radius 1 is 1.12 bits per heavy atom. The van der Waals surface area contributed by atoms with E-state index in [9.17, 15) is 9.59 Å². The number of carbonyl (C=O) groups excluding carboxylic acids is 2. The lowest BCUT2D eigenvalue weighted by Gasteiger charge is -2.24. The third-order valence-corrected chi connectivity index (χ3v) is 6.02. The fourth-order valence-corrected chi connectivity index (χ4v) is 4.70. The molecule has 0 aromatic heterocycles. The highest BCUT2D eigenvalue weighted by Crippen LogP contribution is 2.37. The lowest BCUT2D eigenvalue weighted by molar-refractivity contribution is -0.136. The lowest BCUT2D eigenvalue weighted by atomic mass is 9.86. The molecule has 0 spiro atoms. The smallest absolute Gasteiger partial charge is 0.240 e. The van der Waals surface area contributed by atoms with Crippen molar-refractivity contribution in [3.8, 4) is 0 Å². The SMILES string of the molecule is O=C(CC1CCc2ccccc21)C1CCN[C@H]1C(=O)N1CCCC1. The number of amides is 1.